The molecular formula is C25H36N7O5S2+. The van der Waals surface area contributed by atoms with Crippen molar-refractivity contribution in [3.05, 3.63) is 28.3 Å². The Hall–Kier alpha value is -2.55. The van der Waals surface area contributed by atoms with Crippen LogP contribution in [0.5, 0.6) is 0 Å². The molecule has 39 heavy (non-hydrogen) atoms. The lowest BCUT2D eigenvalue weighted by atomic mass is 10.0. The molecule has 0 radical (unpaired) electrons. The number of amides is 4. The monoisotopic (exact) mass is 578 g/mol. The van der Waals surface area contributed by atoms with E-state index in [1.54, 1.807) is 28.7 Å². The predicted molar refractivity (Wildman–Crippen MR) is 146 cm³/mol. The van der Waals surface area contributed by atoms with Gasteiger partial charge in [0, 0.05) is 56.7 Å². The molecule has 1 aliphatic carbocycles. The van der Waals surface area contributed by atoms with Crippen molar-refractivity contribution in [1.29, 1.82) is 0 Å². The summed E-state index contributed by atoms with van der Waals surface area (Å²) in [4.78, 5) is 43.1. The van der Waals surface area contributed by atoms with Crippen LogP contribution in [0, 0.1) is 5.92 Å². The van der Waals surface area contributed by atoms with Crippen LogP contribution in [0.1, 0.15) is 51.0 Å². The van der Waals surface area contributed by atoms with Crippen LogP contribution in [0.2, 0.25) is 0 Å². The number of nitrogens with one attached hydrogen (secondary N) is 2. The van der Waals surface area contributed by atoms with Crippen molar-refractivity contribution < 1.29 is 27.4 Å². The Morgan fingerprint density at radius 1 is 1.26 bits per heavy atom. The number of thioether (sulfide) groups is 1. The highest BCUT2D eigenvalue weighted by molar-refractivity contribution is 8.27. The highest BCUT2D eigenvalue weighted by Gasteiger charge is 2.54. The Morgan fingerprint density at radius 3 is 2.59 bits per heavy atom. The SMILES string of the molecule is CNCCCC(=O)N1CCC([N+]2=C3SC(S(=O)(=O)NC4(C)CC4)=CC3C(=O)N(Cc3cnn(C)c3)C2=O)CC1. The molecule has 1 aromatic rings. The average Bonchev–Trinajstić information content (AvgIpc) is 3.25. The molecule has 4 aliphatic rings. The van der Waals surface area contributed by atoms with Gasteiger partial charge in [0.05, 0.1) is 6.20 Å². The van der Waals surface area contributed by atoms with Crippen LogP contribution >= 0.6 is 11.8 Å². The lowest BCUT2D eigenvalue weighted by Crippen LogP contribution is -2.56. The van der Waals surface area contributed by atoms with Gasteiger partial charge in [0.15, 0.2) is 5.04 Å². The normalized spacial score (nSPS) is 23.4. The van der Waals surface area contributed by atoms with Gasteiger partial charge < -0.3 is 10.2 Å². The van der Waals surface area contributed by atoms with Gasteiger partial charge in [-0.1, -0.05) is 0 Å². The molecule has 14 heteroatoms. The number of sulfonamides is 1. The van der Waals surface area contributed by atoms with Crippen LogP contribution in [-0.2, 0) is 33.2 Å². The second-order valence-corrected chi connectivity index (χ2v) is 14.0. The van der Waals surface area contributed by atoms with Gasteiger partial charge in [-0.25, -0.2) is 17.9 Å². The maximum Gasteiger partial charge on any atom is 0.501 e. The van der Waals surface area contributed by atoms with Gasteiger partial charge in [-0.3, -0.25) is 9.48 Å². The van der Waals surface area contributed by atoms with Gasteiger partial charge in [0.2, 0.25) is 15.9 Å². The van der Waals surface area contributed by atoms with Gasteiger partial charge in [0.1, 0.15) is 22.7 Å². The third kappa shape index (κ3) is 5.83. The summed E-state index contributed by atoms with van der Waals surface area (Å²) in [5.41, 5.74) is 0.243. The predicted octanol–water partition coefficient (Wildman–Crippen LogP) is 0.960. The van der Waals surface area contributed by atoms with Crippen molar-refractivity contribution in [3.8, 4) is 0 Å². The van der Waals surface area contributed by atoms with Crippen molar-refractivity contribution >= 4 is 44.7 Å². The maximum atomic E-state index is 13.9. The van der Waals surface area contributed by atoms with Crippen LogP contribution in [0.3, 0.4) is 0 Å². The number of hydrogen-bond donors (Lipinski definition) is 2. The molecular weight excluding hydrogens is 542 g/mol. The molecule has 5 rings (SSSR count). The molecule has 3 aliphatic heterocycles. The first kappa shape index (κ1) is 28.0. The minimum Gasteiger partial charge on any atom is -0.342 e. The first-order valence-corrected chi connectivity index (χ1v) is 15.7. The molecule has 4 amide bonds. The molecule has 0 aromatic carbocycles. The second-order valence-electron chi connectivity index (χ2n) is 11.0. The van der Waals surface area contributed by atoms with E-state index in [2.05, 4.69) is 15.1 Å². The minimum atomic E-state index is -3.84. The molecule has 1 saturated carbocycles. The summed E-state index contributed by atoms with van der Waals surface area (Å²) >= 11 is 0.993. The van der Waals surface area contributed by atoms with Crippen LogP contribution < -0.4 is 10.0 Å². The smallest absolute Gasteiger partial charge is 0.342 e. The van der Waals surface area contributed by atoms with Crippen molar-refractivity contribution in [2.75, 3.05) is 26.7 Å². The first-order chi connectivity index (χ1) is 18.5. The van der Waals surface area contributed by atoms with Crippen LogP contribution in [0.25, 0.3) is 0 Å². The average molecular weight is 579 g/mol. The third-order valence-electron chi connectivity index (χ3n) is 7.72. The fourth-order valence-corrected chi connectivity index (χ4v) is 8.37. The van der Waals surface area contributed by atoms with Crippen LogP contribution in [0.15, 0.2) is 22.7 Å². The summed E-state index contributed by atoms with van der Waals surface area (Å²) in [6, 6.07) is -0.715. The number of aromatic nitrogens is 2. The van der Waals surface area contributed by atoms with Crippen molar-refractivity contribution in [3.63, 3.8) is 0 Å². The first-order valence-electron chi connectivity index (χ1n) is 13.4. The number of hydrogen-bond acceptors (Lipinski definition) is 8. The van der Waals surface area contributed by atoms with Crippen LogP contribution in [0.4, 0.5) is 4.79 Å². The van der Waals surface area contributed by atoms with Gasteiger partial charge in [-0.2, -0.15) is 19.4 Å². The summed E-state index contributed by atoms with van der Waals surface area (Å²) in [7, 11) is -0.224. The van der Waals surface area contributed by atoms with Gasteiger partial charge in [-0.05, 0) is 57.6 Å². The second kappa shape index (κ2) is 10.8. The molecule has 0 spiro atoms. The van der Waals surface area contributed by atoms with Gasteiger partial charge >= 0.3 is 11.9 Å². The van der Waals surface area contributed by atoms with E-state index in [4.69, 9.17) is 0 Å². The lowest BCUT2D eigenvalue weighted by molar-refractivity contribution is -0.485. The van der Waals surface area contributed by atoms with E-state index in [-0.39, 0.29) is 22.7 Å². The Bertz CT molecular complexity index is 1340. The zero-order valence-corrected chi connectivity index (χ0v) is 24.2. The molecule has 12 nitrogen and oxygen atoms in total. The quantitative estimate of drug-likeness (QED) is 0.310. The van der Waals surface area contributed by atoms with E-state index in [1.165, 1.54) is 11.0 Å². The fourth-order valence-electron chi connectivity index (χ4n) is 5.24. The number of urea groups is 1. The molecule has 1 unspecified atom stereocenters. The van der Waals surface area contributed by atoms with Gasteiger partial charge in [-0.15, -0.1) is 0 Å². The van der Waals surface area contributed by atoms with E-state index in [9.17, 15) is 22.8 Å². The third-order valence-corrected chi connectivity index (χ3v) is 11.1. The Balaban J connectivity index is 1.41. The molecule has 2 fully saturated rings. The van der Waals surface area contributed by atoms with E-state index in [0.717, 1.165) is 37.6 Å². The van der Waals surface area contributed by atoms with Crippen LogP contribution in [-0.4, -0.2) is 93.7 Å². The highest BCUT2D eigenvalue weighted by atomic mass is 32.3. The summed E-state index contributed by atoms with van der Waals surface area (Å²) in [6.45, 7) is 3.68. The minimum absolute atomic E-state index is 0.0471. The summed E-state index contributed by atoms with van der Waals surface area (Å²) in [5.74, 6) is -1.20. The fraction of sp³-hybridized carbons (Fsp3) is 0.640. The Morgan fingerprint density at radius 2 is 1.97 bits per heavy atom. The summed E-state index contributed by atoms with van der Waals surface area (Å²) in [5, 5.41) is 7.63. The standard InChI is InChI=1S/C25H36N7O5S2/c1-25(8-9-25)28-39(36,37)21-13-19-22(34)31(16-17-14-27-29(3)15-17)24(35)32(23(19)38-21)18-6-11-30(12-7-18)20(33)5-4-10-26-2/h13-15,18-19,26,28H,4-12,16H2,1-3H3/q+1. The number of carbonyl (C=O) groups excluding carboxylic acids is 3. The Labute approximate surface area is 232 Å². The number of likely N-dealkylation sites (tertiary alicyclic amines) is 1. The topological polar surface area (TPSA) is 137 Å². The van der Waals surface area contributed by atoms with Gasteiger partial charge in [0.25, 0.3) is 0 Å². The van der Waals surface area contributed by atoms with E-state index in [1.807, 2.05) is 18.9 Å². The number of imide groups is 1. The lowest BCUT2D eigenvalue weighted by Gasteiger charge is -2.34. The molecule has 1 saturated heterocycles. The van der Waals surface area contributed by atoms with E-state index >= 15 is 0 Å². The van der Waals surface area contributed by atoms with Crippen molar-refractivity contribution in [2.45, 2.75) is 63.6 Å². The number of rotatable bonds is 10. The molecule has 1 aromatic heterocycles. The number of piperidine rings is 1. The highest BCUT2D eigenvalue weighted by Crippen LogP contribution is 2.42. The number of nitrogens with zero attached hydrogens (tertiary/aromatic N) is 5. The zero-order chi connectivity index (χ0) is 27.9. The molecule has 1 atom stereocenters. The molecule has 0 bridgehead atoms. The zero-order valence-electron chi connectivity index (χ0n) is 22.6. The number of aryl methyl sites for hydroxylation is 1. The molecule has 2 N–H and O–H groups in total. The van der Waals surface area contributed by atoms with E-state index in [0.29, 0.717) is 43.0 Å². The number of fused-ring (bicyclic) bond motifs is 1. The van der Waals surface area contributed by atoms with E-state index < -0.39 is 33.4 Å². The molecule has 4 heterocycles. The Kier molecular flexibility index (Phi) is 7.74. The number of carbonyl (C=O) groups is 3. The maximum absolute atomic E-state index is 13.9. The summed E-state index contributed by atoms with van der Waals surface area (Å²) < 4.78 is 32.4. The van der Waals surface area contributed by atoms with Crippen molar-refractivity contribution in [1.82, 2.24) is 29.6 Å². The summed E-state index contributed by atoms with van der Waals surface area (Å²) in [6.07, 6.45) is 8.69. The van der Waals surface area contributed by atoms with Crippen molar-refractivity contribution in [2.24, 2.45) is 13.0 Å². The molecule has 212 valence electrons. The largest absolute Gasteiger partial charge is 0.501 e.